The number of hydrogen-bond acceptors (Lipinski definition) is 4. The van der Waals surface area contributed by atoms with Gasteiger partial charge in [0.25, 0.3) is 0 Å². The number of ether oxygens (including phenoxy) is 1. The van der Waals surface area contributed by atoms with Crippen molar-refractivity contribution < 1.29 is 9.53 Å². The lowest BCUT2D eigenvalue weighted by molar-refractivity contribution is -0.115. The number of nitrogens with one attached hydrogen (secondary N) is 2. The van der Waals surface area contributed by atoms with Crippen molar-refractivity contribution in [1.29, 1.82) is 0 Å². The van der Waals surface area contributed by atoms with E-state index in [4.69, 9.17) is 16.3 Å². The summed E-state index contributed by atoms with van der Waals surface area (Å²) >= 11 is 5.85. The van der Waals surface area contributed by atoms with E-state index in [1.807, 2.05) is 36.4 Å². The van der Waals surface area contributed by atoms with Gasteiger partial charge in [-0.1, -0.05) is 29.8 Å². The first-order valence-corrected chi connectivity index (χ1v) is 8.41. The first kappa shape index (κ1) is 17.8. The molecular weight excluding hydrogens is 350 g/mol. The Morgan fingerprint density at radius 2 is 1.88 bits per heavy atom. The molecule has 0 saturated carbocycles. The van der Waals surface area contributed by atoms with Crippen LogP contribution in [0.1, 0.15) is 5.56 Å². The van der Waals surface area contributed by atoms with Crippen molar-refractivity contribution in [2.24, 2.45) is 0 Å². The lowest BCUT2D eigenvalue weighted by atomic mass is 10.1. The second-order valence-corrected chi connectivity index (χ2v) is 6.08. The fourth-order valence-electron chi connectivity index (χ4n) is 2.38. The molecule has 2 aromatic carbocycles. The number of benzene rings is 2. The summed E-state index contributed by atoms with van der Waals surface area (Å²) in [6.07, 6.45) is 1.89. The van der Waals surface area contributed by atoms with Gasteiger partial charge in [0.05, 0.1) is 25.4 Å². The molecule has 0 atom stereocenters. The van der Waals surface area contributed by atoms with E-state index < -0.39 is 0 Å². The normalized spacial score (nSPS) is 10.2. The summed E-state index contributed by atoms with van der Waals surface area (Å²) in [7, 11) is 1.62. The van der Waals surface area contributed by atoms with Crippen molar-refractivity contribution >= 4 is 34.7 Å². The Hall–Kier alpha value is -3.05. The quantitative estimate of drug-likeness (QED) is 0.664. The van der Waals surface area contributed by atoms with Crippen LogP contribution in [-0.2, 0) is 11.2 Å². The maximum absolute atomic E-state index is 12.1. The first-order valence-electron chi connectivity index (χ1n) is 8.04. The van der Waals surface area contributed by atoms with Crippen LogP contribution >= 0.6 is 11.6 Å². The number of pyridine rings is 1. The Bertz CT molecular complexity index is 880. The van der Waals surface area contributed by atoms with Crippen molar-refractivity contribution in [3.05, 3.63) is 77.4 Å². The van der Waals surface area contributed by atoms with E-state index in [2.05, 4.69) is 15.6 Å². The minimum atomic E-state index is -0.109. The van der Waals surface area contributed by atoms with Gasteiger partial charge >= 0.3 is 0 Å². The number of rotatable bonds is 6. The third-order valence-electron chi connectivity index (χ3n) is 3.67. The van der Waals surface area contributed by atoms with Gasteiger partial charge in [0, 0.05) is 16.8 Å². The van der Waals surface area contributed by atoms with Crippen molar-refractivity contribution in [2.45, 2.75) is 6.42 Å². The van der Waals surface area contributed by atoms with Gasteiger partial charge in [-0.05, 0) is 42.0 Å². The van der Waals surface area contributed by atoms with Crippen molar-refractivity contribution in [1.82, 2.24) is 4.98 Å². The number of carbonyl (C=O) groups excluding carboxylic acids is 1. The van der Waals surface area contributed by atoms with Crippen LogP contribution in [0.25, 0.3) is 0 Å². The topological polar surface area (TPSA) is 63.2 Å². The zero-order valence-corrected chi connectivity index (χ0v) is 15.0. The monoisotopic (exact) mass is 367 g/mol. The van der Waals surface area contributed by atoms with E-state index in [1.54, 1.807) is 37.6 Å². The molecule has 0 unspecified atom stereocenters. The van der Waals surface area contributed by atoms with E-state index in [0.29, 0.717) is 16.5 Å². The first-order chi connectivity index (χ1) is 12.6. The van der Waals surface area contributed by atoms with Crippen molar-refractivity contribution in [2.75, 3.05) is 17.7 Å². The Morgan fingerprint density at radius 1 is 1.08 bits per heavy atom. The summed E-state index contributed by atoms with van der Waals surface area (Å²) in [6.45, 7) is 0. The maximum Gasteiger partial charge on any atom is 0.228 e. The summed E-state index contributed by atoms with van der Waals surface area (Å²) in [5.41, 5.74) is 2.41. The second kappa shape index (κ2) is 8.36. The Labute approximate surface area is 157 Å². The number of hydrogen-bond donors (Lipinski definition) is 2. The number of carbonyl (C=O) groups is 1. The highest BCUT2D eigenvalue weighted by atomic mass is 35.5. The van der Waals surface area contributed by atoms with E-state index in [-0.39, 0.29) is 12.3 Å². The highest BCUT2D eigenvalue weighted by Gasteiger charge is 2.05. The standard InChI is InChI=1S/C20H18ClN3O2/c1-26-18-4-2-3-16(12-18)23-19-10-9-17(13-22-19)24-20(25)11-14-5-7-15(21)8-6-14/h2-10,12-13H,11H2,1H3,(H,22,23)(H,24,25). The molecule has 0 aliphatic rings. The Kier molecular flexibility index (Phi) is 5.71. The molecular formula is C20H18ClN3O2. The summed E-state index contributed by atoms with van der Waals surface area (Å²) in [5, 5.41) is 6.67. The fraction of sp³-hybridized carbons (Fsp3) is 0.100. The molecule has 0 aliphatic heterocycles. The molecule has 0 spiro atoms. The van der Waals surface area contributed by atoms with E-state index in [0.717, 1.165) is 17.0 Å². The molecule has 1 heterocycles. The van der Waals surface area contributed by atoms with Gasteiger partial charge in [0.15, 0.2) is 0 Å². The Morgan fingerprint density at radius 3 is 2.58 bits per heavy atom. The minimum Gasteiger partial charge on any atom is -0.497 e. The minimum absolute atomic E-state index is 0.109. The van der Waals surface area contributed by atoms with Crippen LogP contribution in [0.3, 0.4) is 0 Å². The van der Waals surface area contributed by atoms with E-state index >= 15 is 0 Å². The number of aromatic nitrogens is 1. The molecule has 132 valence electrons. The molecule has 3 aromatic rings. The molecule has 0 radical (unpaired) electrons. The van der Waals surface area contributed by atoms with Crippen molar-refractivity contribution in [3.63, 3.8) is 0 Å². The Balaban J connectivity index is 1.58. The molecule has 3 rings (SSSR count). The molecule has 0 saturated heterocycles. The van der Waals surface area contributed by atoms with Crippen LogP contribution in [-0.4, -0.2) is 18.0 Å². The van der Waals surface area contributed by atoms with E-state index in [9.17, 15) is 4.79 Å². The molecule has 0 bridgehead atoms. The molecule has 0 aliphatic carbocycles. The molecule has 26 heavy (non-hydrogen) atoms. The lowest BCUT2D eigenvalue weighted by Crippen LogP contribution is -2.14. The van der Waals surface area contributed by atoms with Gasteiger partial charge < -0.3 is 15.4 Å². The van der Waals surface area contributed by atoms with Gasteiger partial charge in [0.2, 0.25) is 5.91 Å². The number of methoxy groups -OCH3 is 1. The van der Waals surface area contributed by atoms with Crippen LogP contribution in [0.15, 0.2) is 66.9 Å². The lowest BCUT2D eigenvalue weighted by Gasteiger charge is -2.09. The second-order valence-electron chi connectivity index (χ2n) is 5.64. The van der Waals surface area contributed by atoms with E-state index in [1.165, 1.54) is 0 Å². The van der Waals surface area contributed by atoms with Gasteiger partial charge in [-0.2, -0.15) is 0 Å². The maximum atomic E-state index is 12.1. The van der Waals surface area contributed by atoms with Crippen LogP contribution < -0.4 is 15.4 Å². The summed E-state index contributed by atoms with van der Waals surface area (Å²) in [5.74, 6) is 1.33. The van der Waals surface area contributed by atoms with Gasteiger partial charge in [-0.3, -0.25) is 4.79 Å². The number of amides is 1. The highest BCUT2D eigenvalue weighted by molar-refractivity contribution is 6.30. The van der Waals surface area contributed by atoms with Crippen LogP contribution in [0.5, 0.6) is 5.75 Å². The molecule has 0 fully saturated rings. The zero-order valence-electron chi connectivity index (χ0n) is 14.2. The molecule has 6 heteroatoms. The smallest absolute Gasteiger partial charge is 0.228 e. The van der Waals surface area contributed by atoms with Gasteiger partial charge in [0.1, 0.15) is 11.6 Å². The van der Waals surface area contributed by atoms with Crippen LogP contribution in [0, 0.1) is 0 Å². The number of anilines is 3. The third-order valence-corrected chi connectivity index (χ3v) is 3.92. The van der Waals surface area contributed by atoms with Crippen molar-refractivity contribution in [3.8, 4) is 5.75 Å². The number of halogens is 1. The predicted molar refractivity (Wildman–Crippen MR) is 104 cm³/mol. The SMILES string of the molecule is COc1cccc(Nc2ccc(NC(=O)Cc3ccc(Cl)cc3)cn2)c1. The summed E-state index contributed by atoms with van der Waals surface area (Å²) < 4.78 is 5.20. The van der Waals surface area contributed by atoms with Gasteiger partial charge in [-0.15, -0.1) is 0 Å². The molecule has 5 nitrogen and oxygen atoms in total. The molecule has 1 amide bonds. The highest BCUT2D eigenvalue weighted by Crippen LogP contribution is 2.21. The average molecular weight is 368 g/mol. The predicted octanol–water partition coefficient (Wildman–Crippen LogP) is 4.67. The van der Waals surface area contributed by atoms with Crippen LogP contribution in [0.2, 0.25) is 5.02 Å². The van der Waals surface area contributed by atoms with Crippen LogP contribution in [0.4, 0.5) is 17.2 Å². The third kappa shape index (κ3) is 4.97. The largest absolute Gasteiger partial charge is 0.497 e. The fourth-order valence-corrected chi connectivity index (χ4v) is 2.51. The average Bonchev–Trinajstić information content (AvgIpc) is 2.65. The zero-order chi connectivity index (χ0) is 18.4. The molecule has 1 aromatic heterocycles. The summed E-state index contributed by atoms with van der Waals surface area (Å²) in [4.78, 5) is 16.4. The molecule has 2 N–H and O–H groups in total. The van der Waals surface area contributed by atoms with Gasteiger partial charge in [-0.25, -0.2) is 4.98 Å². The summed E-state index contributed by atoms with van der Waals surface area (Å²) in [6, 6.07) is 18.4. The number of nitrogens with zero attached hydrogens (tertiary/aromatic N) is 1.